The molecule has 2 N–H and O–H groups in total. The number of likely N-dealkylation sites (tertiary alicyclic amines) is 1. The number of alkyl halides is 1. The molecular formula is C44H50FN6O7PS. The SMILES string of the molecule is CCCOC(=O)[C@@H](C)NP(=O)(Oc1ccccc1)C(F)c1ccc2sc(C(=O)N[C@H]3C[C@@H]4C[C@@H]4C[C@H]4CC[C@@H](C(=O)N5C[C@H]6[C@@H]5CCN6c5cccnc5)N4C3=O)cc2c1. The van der Waals surface area contributed by atoms with Crippen LogP contribution in [0.4, 0.5) is 10.1 Å². The van der Waals surface area contributed by atoms with Gasteiger partial charge in [0, 0.05) is 30.0 Å². The zero-order valence-corrected chi connectivity index (χ0v) is 35.4. The van der Waals surface area contributed by atoms with E-state index in [4.69, 9.17) is 9.26 Å². The number of benzene rings is 2. The molecule has 5 fully saturated rings. The van der Waals surface area contributed by atoms with E-state index in [0.717, 1.165) is 37.9 Å². The molecule has 6 heterocycles. The Bertz CT molecular complexity index is 2320. The number of nitrogens with one attached hydrogen (secondary N) is 2. The third-order valence-corrected chi connectivity index (χ3v) is 16.1. The van der Waals surface area contributed by atoms with Crippen molar-refractivity contribution in [1.82, 2.24) is 25.2 Å². The number of hydrogen-bond donors (Lipinski definition) is 2. The van der Waals surface area contributed by atoms with Crippen molar-refractivity contribution in [2.24, 2.45) is 11.8 Å². The highest BCUT2D eigenvalue weighted by Gasteiger charge is 2.55. The van der Waals surface area contributed by atoms with Gasteiger partial charge in [-0.2, -0.15) is 0 Å². The second-order valence-electron chi connectivity index (χ2n) is 16.8. The zero-order valence-electron chi connectivity index (χ0n) is 33.7. The van der Waals surface area contributed by atoms with Crippen molar-refractivity contribution >= 4 is 58.3 Å². The van der Waals surface area contributed by atoms with E-state index in [9.17, 15) is 23.7 Å². The zero-order chi connectivity index (χ0) is 41.7. The van der Waals surface area contributed by atoms with E-state index in [1.807, 2.05) is 35.1 Å². The van der Waals surface area contributed by atoms with Gasteiger partial charge in [0.05, 0.1) is 35.5 Å². The largest absolute Gasteiger partial charge is 0.465 e. The second kappa shape index (κ2) is 16.5. The lowest BCUT2D eigenvalue weighted by atomic mass is 9.95. The Morgan fingerprint density at radius 3 is 2.60 bits per heavy atom. The van der Waals surface area contributed by atoms with Gasteiger partial charge in [-0.25, -0.2) is 9.48 Å². The minimum absolute atomic E-state index is 0.00408. The molecule has 316 valence electrons. The van der Waals surface area contributed by atoms with Crippen molar-refractivity contribution in [3.05, 3.63) is 89.6 Å². The monoisotopic (exact) mass is 856 g/mol. The summed E-state index contributed by atoms with van der Waals surface area (Å²) in [6, 6.07) is 16.3. The van der Waals surface area contributed by atoms with Gasteiger partial charge in [0.2, 0.25) is 17.7 Å². The Morgan fingerprint density at radius 1 is 1.00 bits per heavy atom. The van der Waals surface area contributed by atoms with Gasteiger partial charge in [0.15, 0.2) is 0 Å². The summed E-state index contributed by atoms with van der Waals surface area (Å²) < 4.78 is 42.6. The fourth-order valence-electron chi connectivity index (χ4n) is 9.71. The van der Waals surface area contributed by atoms with Crippen molar-refractivity contribution in [2.75, 3.05) is 24.6 Å². The molecule has 1 saturated carbocycles. The Kier molecular flexibility index (Phi) is 11.2. The number of pyridine rings is 1. The van der Waals surface area contributed by atoms with Crippen LogP contribution in [0, 0.1) is 11.8 Å². The summed E-state index contributed by atoms with van der Waals surface area (Å²) >= 11 is 1.21. The number of halogens is 1. The maximum atomic E-state index is 16.6. The summed E-state index contributed by atoms with van der Waals surface area (Å²) in [5.41, 5.74) is 1.10. The van der Waals surface area contributed by atoms with Gasteiger partial charge in [0.25, 0.3) is 5.91 Å². The first-order valence-corrected chi connectivity index (χ1v) is 23.6. The number of anilines is 1. The number of para-hydroxylation sites is 1. The minimum Gasteiger partial charge on any atom is -0.465 e. The summed E-state index contributed by atoms with van der Waals surface area (Å²) in [5, 5.41) is 6.19. The first kappa shape index (κ1) is 40.6. The van der Waals surface area contributed by atoms with E-state index < -0.39 is 43.4 Å². The van der Waals surface area contributed by atoms with Crippen LogP contribution >= 0.6 is 18.9 Å². The van der Waals surface area contributed by atoms with Crippen molar-refractivity contribution in [3.63, 3.8) is 0 Å². The van der Waals surface area contributed by atoms with Crippen LogP contribution in [0.25, 0.3) is 10.1 Å². The molecule has 4 aliphatic heterocycles. The molecule has 4 aromatic rings. The Hall–Kier alpha value is -4.85. The number of aromatic nitrogens is 1. The average Bonchev–Trinajstić information content (AvgIpc) is 3.51. The van der Waals surface area contributed by atoms with E-state index >= 15 is 4.39 Å². The minimum atomic E-state index is -4.44. The summed E-state index contributed by atoms with van der Waals surface area (Å²) in [6.45, 7) is 4.92. The van der Waals surface area contributed by atoms with Gasteiger partial charge in [-0.15, -0.1) is 11.3 Å². The Morgan fingerprint density at radius 2 is 1.82 bits per heavy atom. The lowest BCUT2D eigenvalue weighted by Crippen LogP contribution is -2.67. The van der Waals surface area contributed by atoms with Crippen molar-refractivity contribution in [2.45, 2.75) is 101 Å². The summed E-state index contributed by atoms with van der Waals surface area (Å²) in [4.78, 5) is 66.1. The van der Waals surface area contributed by atoms with Crippen LogP contribution in [0.3, 0.4) is 0 Å². The van der Waals surface area contributed by atoms with E-state index in [1.165, 1.54) is 30.4 Å². The van der Waals surface area contributed by atoms with E-state index in [1.54, 1.807) is 48.7 Å². The van der Waals surface area contributed by atoms with Crippen LogP contribution in [0.1, 0.15) is 79.9 Å². The van der Waals surface area contributed by atoms with E-state index in [0.29, 0.717) is 52.6 Å². The number of nitrogens with zero attached hydrogens (tertiary/aromatic N) is 4. The molecule has 5 aliphatic rings. The first-order valence-electron chi connectivity index (χ1n) is 21.1. The number of hydrogen-bond acceptors (Lipinski definition) is 10. The number of carbonyl (C=O) groups is 4. The van der Waals surface area contributed by atoms with Gasteiger partial charge in [-0.1, -0.05) is 31.2 Å². The molecule has 10 atom stereocenters. The predicted molar refractivity (Wildman–Crippen MR) is 225 cm³/mol. The highest BCUT2D eigenvalue weighted by Crippen LogP contribution is 2.58. The molecule has 2 unspecified atom stereocenters. The maximum absolute atomic E-state index is 16.6. The molecule has 3 amide bonds. The van der Waals surface area contributed by atoms with Crippen molar-refractivity contribution in [1.29, 1.82) is 0 Å². The van der Waals surface area contributed by atoms with Crippen molar-refractivity contribution in [3.8, 4) is 5.75 Å². The molecule has 0 radical (unpaired) electrons. The van der Waals surface area contributed by atoms with Gasteiger partial charge in [-0.3, -0.25) is 28.7 Å². The molecule has 4 saturated heterocycles. The number of ether oxygens (including phenoxy) is 1. The van der Waals surface area contributed by atoms with Crippen LogP contribution in [0.15, 0.2) is 79.1 Å². The molecule has 0 bridgehead atoms. The Balaban J connectivity index is 0.902. The van der Waals surface area contributed by atoms with E-state index in [-0.39, 0.29) is 47.9 Å². The van der Waals surface area contributed by atoms with Crippen LogP contribution in [-0.4, -0.2) is 94.4 Å². The van der Waals surface area contributed by atoms with Crippen LogP contribution in [0.5, 0.6) is 5.75 Å². The highest BCUT2D eigenvalue weighted by atomic mass is 32.1. The third-order valence-electron chi connectivity index (χ3n) is 12.9. The molecule has 9 rings (SSSR count). The molecule has 0 spiro atoms. The lowest BCUT2D eigenvalue weighted by Gasteiger charge is -2.49. The van der Waals surface area contributed by atoms with Gasteiger partial charge >= 0.3 is 13.5 Å². The molecule has 1 aliphatic carbocycles. The Labute approximate surface area is 352 Å². The number of rotatable bonds is 13. The topological polar surface area (TPSA) is 150 Å². The molecule has 60 heavy (non-hydrogen) atoms. The average molecular weight is 857 g/mol. The molecule has 13 nitrogen and oxygen atoms in total. The highest BCUT2D eigenvalue weighted by molar-refractivity contribution is 7.57. The summed E-state index contributed by atoms with van der Waals surface area (Å²) in [7, 11) is -4.44. The normalized spacial score (nSPS) is 27.6. The van der Waals surface area contributed by atoms with Crippen LogP contribution in [0.2, 0.25) is 0 Å². The fraction of sp³-hybridized carbons (Fsp3) is 0.477. The molecule has 2 aromatic carbocycles. The van der Waals surface area contributed by atoms with Gasteiger partial charge in [-0.05, 0) is 117 Å². The smallest absolute Gasteiger partial charge is 0.355 e. The number of thiophene rings is 1. The standard InChI is InChI=1S/C44H50FN6O7PS/c1-3-18-57-44(55)26(2)48-59(56,58-33-9-5-4-6-10-33)40(45)27-11-14-38-30(19-27)23-39(60-38)41(52)47-34-22-29-20-28(29)21-31-12-13-36(51(31)42(34)53)43(54)50-25-37-35(50)15-17-49(37)32-8-7-16-46-24-32/h4-11,14,16,19,23-24,26,28-29,31,34-37,40H,3,12-13,15,17-18,20-22,25H2,1-2H3,(H,47,52)(H,48,56)/t26-,28-,29+,31-,34+,35+,36+,37+,40?,59?/m1/s1. The molecule has 2 aromatic heterocycles. The summed E-state index contributed by atoms with van der Waals surface area (Å²) in [5.74, 6) is -2.51. The van der Waals surface area contributed by atoms with Gasteiger partial charge in [0.1, 0.15) is 23.9 Å². The predicted octanol–water partition coefficient (Wildman–Crippen LogP) is 6.85. The van der Waals surface area contributed by atoms with E-state index in [2.05, 4.69) is 20.3 Å². The van der Waals surface area contributed by atoms with Crippen molar-refractivity contribution < 1.29 is 37.4 Å². The number of amides is 3. The maximum Gasteiger partial charge on any atom is 0.355 e. The first-order chi connectivity index (χ1) is 29.0. The van der Waals surface area contributed by atoms with Gasteiger partial charge < -0.3 is 29.3 Å². The third kappa shape index (κ3) is 7.80. The number of fused-ring (bicyclic) bond motifs is 4. The van der Waals surface area contributed by atoms with Crippen LogP contribution in [-0.2, 0) is 23.7 Å². The second-order valence-corrected chi connectivity index (χ2v) is 20.0. The number of carbonyl (C=O) groups excluding carboxylic acids is 4. The van der Waals surface area contributed by atoms with Crippen LogP contribution < -0.4 is 19.8 Å². The number of esters is 1. The fourth-order valence-corrected chi connectivity index (χ4v) is 12.6. The lowest BCUT2D eigenvalue weighted by molar-refractivity contribution is -0.152. The molecular weight excluding hydrogens is 807 g/mol. The quantitative estimate of drug-likeness (QED) is 0.108. The molecule has 16 heteroatoms. The summed E-state index contributed by atoms with van der Waals surface area (Å²) in [6.07, 6.45) is 8.87.